The minimum atomic E-state index is -1.99. The molecule has 0 radical (unpaired) electrons. The van der Waals surface area contributed by atoms with E-state index in [0.29, 0.717) is 30.9 Å². The molecule has 5 rings (SSSR count). The van der Waals surface area contributed by atoms with Crippen molar-refractivity contribution in [2.75, 3.05) is 34.4 Å². The summed E-state index contributed by atoms with van der Waals surface area (Å²) in [7, 11) is 5.24. The fourth-order valence-corrected chi connectivity index (χ4v) is 10.00. The standard InChI is InChI=1S/C53H83N3O15/c1-13-41-53(9,62)46(57)35(5)44(55-65-26-20-25-64-38-23-18-15-19-24-38)32(2)29-51(7,61)42(28-40(34(4)48(59)69-41)68-43-30-52(8,63-12)47(58)36(6)67-43)70-49-45(39(56(10)11)27-33(3)66-49)71-50(60)54-31-37-21-16-14-17-22-37/h14-19,21-24,32-36,39-43,45-47,49,57-58,61-62H,13,20,25-31H2,1-12H3,(H,54,60)/t32-,33-,34-,35+,36+,39+,40+,41-,42-,43+,45-,46-,47+,49+,51?,52-,53-/m1/s1. The minimum Gasteiger partial charge on any atom is -0.493 e. The molecule has 3 fully saturated rings. The van der Waals surface area contributed by atoms with Crippen LogP contribution in [0.2, 0.25) is 0 Å². The highest BCUT2D eigenvalue weighted by molar-refractivity contribution is 5.88. The second kappa shape index (κ2) is 25.8. The van der Waals surface area contributed by atoms with Crippen LogP contribution in [0.1, 0.15) is 106 Å². The molecule has 3 heterocycles. The normalized spacial score (nSPS) is 38.2. The van der Waals surface area contributed by atoms with Gasteiger partial charge in [0.2, 0.25) is 0 Å². The number of nitrogens with zero attached hydrogens (tertiary/aromatic N) is 2. The summed E-state index contributed by atoms with van der Waals surface area (Å²) in [6.07, 6.45) is -10.2. The lowest BCUT2D eigenvalue weighted by Gasteiger charge is -2.47. The Bertz CT molecular complexity index is 1980. The third kappa shape index (κ3) is 15.3. The number of nitrogens with one attached hydrogen (secondary N) is 1. The number of hydrogen-bond acceptors (Lipinski definition) is 17. The highest BCUT2D eigenvalue weighted by Gasteiger charge is 2.52. The average molecular weight is 1000 g/mol. The quantitative estimate of drug-likeness (QED) is 0.0767. The molecule has 71 heavy (non-hydrogen) atoms. The first kappa shape index (κ1) is 57.9. The van der Waals surface area contributed by atoms with Crippen LogP contribution in [0.25, 0.3) is 0 Å². The molecule has 1 unspecified atom stereocenters. The summed E-state index contributed by atoms with van der Waals surface area (Å²) in [5.74, 6) is -2.66. The lowest BCUT2D eigenvalue weighted by Crippen LogP contribution is -2.60. The summed E-state index contributed by atoms with van der Waals surface area (Å²) in [6.45, 7) is 16.0. The van der Waals surface area contributed by atoms with Gasteiger partial charge in [-0.25, -0.2) is 4.79 Å². The molecular weight excluding hydrogens is 919 g/mol. The predicted octanol–water partition coefficient (Wildman–Crippen LogP) is 5.75. The summed E-state index contributed by atoms with van der Waals surface area (Å²) in [5, 5.41) is 55.8. The van der Waals surface area contributed by atoms with Crippen LogP contribution < -0.4 is 10.1 Å². The summed E-state index contributed by atoms with van der Waals surface area (Å²) < 4.78 is 50.4. The van der Waals surface area contributed by atoms with Crippen molar-refractivity contribution in [3.8, 4) is 5.75 Å². The number of likely N-dealkylation sites (N-methyl/N-ethyl adjacent to an activating group) is 1. The second-order valence-electron chi connectivity index (χ2n) is 20.7. The number of alkyl carbamates (subject to hydrolysis) is 1. The van der Waals surface area contributed by atoms with Gasteiger partial charge in [-0.05, 0) is 92.6 Å². The van der Waals surface area contributed by atoms with E-state index in [-0.39, 0.29) is 51.0 Å². The zero-order valence-electron chi connectivity index (χ0n) is 43.9. The van der Waals surface area contributed by atoms with Crippen LogP contribution in [0, 0.1) is 17.8 Å². The van der Waals surface area contributed by atoms with E-state index in [9.17, 15) is 30.0 Å². The number of para-hydroxylation sites is 1. The summed E-state index contributed by atoms with van der Waals surface area (Å²) in [6, 6.07) is 18.4. The van der Waals surface area contributed by atoms with Crippen LogP contribution in [0.5, 0.6) is 5.75 Å². The molecule has 5 N–H and O–H groups in total. The van der Waals surface area contributed by atoms with Crippen LogP contribution in [0.4, 0.5) is 4.79 Å². The number of methoxy groups -OCH3 is 1. The number of cyclic esters (lactones) is 1. The average Bonchev–Trinajstić information content (AvgIpc) is 3.33. The number of ether oxygens (including phenoxy) is 8. The lowest BCUT2D eigenvalue weighted by atomic mass is 9.75. The van der Waals surface area contributed by atoms with E-state index in [1.54, 1.807) is 41.5 Å². The number of esters is 1. The molecule has 400 valence electrons. The fourth-order valence-electron chi connectivity index (χ4n) is 10.00. The molecule has 18 heteroatoms. The van der Waals surface area contributed by atoms with Crippen LogP contribution in [0.15, 0.2) is 65.8 Å². The Morgan fingerprint density at radius 2 is 1.54 bits per heavy atom. The molecule has 3 aliphatic rings. The number of carbonyl (C=O) groups is 2. The van der Waals surface area contributed by atoms with Gasteiger partial charge in [0.15, 0.2) is 18.7 Å². The number of carbonyl (C=O) groups excluding carboxylic acids is 2. The summed E-state index contributed by atoms with van der Waals surface area (Å²) >= 11 is 0. The first-order valence-corrected chi connectivity index (χ1v) is 25.2. The van der Waals surface area contributed by atoms with Gasteiger partial charge in [0.1, 0.15) is 30.2 Å². The van der Waals surface area contributed by atoms with E-state index >= 15 is 0 Å². The Morgan fingerprint density at radius 3 is 2.17 bits per heavy atom. The van der Waals surface area contributed by atoms with Gasteiger partial charge in [0.05, 0.1) is 66.0 Å². The maximum atomic E-state index is 14.5. The van der Waals surface area contributed by atoms with E-state index in [1.807, 2.05) is 93.5 Å². The van der Waals surface area contributed by atoms with Gasteiger partial charge in [-0.2, -0.15) is 0 Å². The van der Waals surface area contributed by atoms with Gasteiger partial charge in [-0.3, -0.25) is 4.79 Å². The van der Waals surface area contributed by atoms with Crippen molar-refractivity contribution in [2.24, 2.45) is 22.9 Å². The number of benzene rings is 2. The number of oxime groups is 1. The van der Waals surface area contributed by atoms with Gasteiger partial charge in [-0.1, -0.05) is 74.5 Å². The molecule has 17 atom stereocenters. The Balaban J connectivity index is 1.56. The maximum Gasteiger partial charge on any atom is 0.407 e. The smallest absolute Gasteiger partial charge is 0.407 e. The molecular formula is C53H83N3O15. The maximum absolute atomic E-state index is 14.5. The molecule has 0 aromatic heterocycles. The highest BCUT2D eigenvalue weighted by atomic mass is 16.7. The molecule has 0 aliphatic carbocycles. The van der Waals surface area contributed by atoms with Gasteiger partial charge in [0.25, 0.3) is 0 Å². The van der Waals surface area contributed by atoms with Crippen molar-refractivity contribution < 1.29 is 72.7 Å². The Kier molecular flexibility index (Phi) is 21.1. The van der Waals surface area contributed by atoms with Crippen LogP contribution in [-0.2, 0) is 49.3 Å². The fraction of sp³-hybridized carbons (Fsp3) is 0.717. The third-order valence-electron chi connectivity index (χ3n) is 14.5. The molecule has 1 amide bonds. The molecule has 3 aliphatic heterocycles. The first-order chi connectivity index (χ1) is 33.5. The molecule has 3 saturated heterocycles. The van der Waals surface area contributed by atoms with E-state index in [1.165, 1.54) is 14.0 Å². The molecule has 0 bridgehead atoms. The highest BCUT2D eigenvalue weighted by Crippen LogP contribution is 2.39. The number of rotatable bonds is 16. The van der Waals surface area contributed by atoms with Crippen molar-refractivity contribution in [1.29, 1.82) is 0 Å². The van der Waals surface area contributed by atoms with Crippen molar-refractivity contribution in [2.45, 2.75) is 192 Å². The number of aliphatic hydroxyl groups excluding tert-OH is 2. The van der Waals surface area contributed by atoms with E-state index < -0.39 is 102 Å². The van der Waals surface area contributed by atoms with E-state index in [0.717, 1.165) is 5.56 Å². The van der Waals surface area contributed by atoms with Crippen molar-refractivity contribution in [3.63, 3.8) is 0 Å². The summed E-state index contributed by atoms with van der Waals surface area (Å²) in [5.41, 5.74) is -3.69. The molecule has 2 aromatic rings. The topological polar surface area (TPSA) is 226 Å². The summed E-state index contributed by atoms with van der Waals surface area (Å²) in [4.78, 5) is 36.0. The van der Waals surface area contributed by atoms with Gasteiger partial charge in [-0.15, -0.1) is 0 Å². The molecule has 0 saturated carbocycles. The SMILES string of the molecule is CC[C@H]1OC(=O)[C@H](C)[C@@H](O[C@H]2C[C@@](C)(OC)[C@@H](O)[C@H](C)O2)C[C@@H](O[C@@H]2O[C@H](C)C[C@H](N(C)C)[C@H]2OC(=O)NCc2ccccc2)C(C)(O)C[C@@H](C)C(=NOCCCOc2ccccc2)[C@H](C)[C@@H](O)[C@]1(C)O. The molecule has 0 spiro atoms. The number of amides is 1. The van der Waals surface area contributed by atoms with Gasteiger partial charge in [0, 0.05) is 44.8 Å². The largest absolute Gasteiger partial charge is 0.493 e. The monoisotopic (exact) mass is 1000 g/mol. The first-order valence-electron chi connectivity index (χ1n) is 25.2. The van der Waals surface area contributed by atoms with Crippen molar-refractivity contribution >= 4 is 17.8 Å². The Hall–Kier alpha value is -3.95. The Morgan fingerprint density at radius 1 is 0.873 bits per heavy atom. The van der Waals surface area contributed by atoms with Crippen LogP contribution in [-0.4, -0.2) is 162 Å². The van der Waals surface area contributed by atoms with Crippen molar-refractivity contribution in [3.05, 3.63) is 66.2 Å². The lowest BCUT2D eigenvalue weighted by molar-refractivity contribution is -0.307. The Labute approximate surface area is 420 Å². The van der Waals surface area contributed by atoms with E-state index in [2.05, 4.69) is 10.5 Å². The van der Waals surface area contributed by atoms with Gasteiger partial charge < -0.3 is 73.4 Å². The van der Waals surface area contributed by atoms with E-state index in [4.69, 9.17) is 42.7 Å². The zero-order chi connectivity index (χ0) is 52.3. The van der Waals surface area contributed by atoms with Crippen molar-refractivity contribution in [1.82, 2.24) is 10.2 Å². The zero-order valence-corrected chi connectivity index (χ0v) is 43.9. The third-order valence-corrected chi connectivity index (χ3v) is 14.5. The van der Waals surface area contributed by atoms with Crippen LogP contribution >= 0.6 is 0 Å². The number of hydrogen-bond donors (Lipinski definition) is 5. The molecule has 2 aromatic carbocycles. The van der Waals surface area contributed by atoms with Gasteiger partial charge >= 0.3 is 12.1 Å². The van der Waals surface area contributed by atoms with Crippen LogP contribution in [0.3, 0.4) is 0 Å². The molecule has 18 nitrogen and oxygen atoms in total. The minimum absolute atomic E-state index is 0.0493. The predicted molar refractivity (Wildman–Crippen MR) is 264 cm³/mol. The number of aliphatic hydroxyl groups is 4. The second-order valence-corrected chi connectivity index (χ2v) is 20.7.